The highest BCUT2D eigenvalue weighted by Crippen LogP contribution is 2.27. The molecule has 1 N–H and O–H groups in total. The quantitative estimate of drug-likeness (QED) is 0.800. The van der Waals surface area contributed by atoms with Gasteiger partial charge in [0, 0.05) is 23.0 Å². The summed E-state index contributed by atoms with van der Waals surface area (Å²) in [5, 5.41) is 0. The van der Waals surface area contributed by atoms with Crippen molar-refractivity contribution in [3.05, 3.63) is 45.5 Å². The first-order valence-electron chi connectivity index (χ1n) is 5.91. The van der Waals surface area contributed by atoms with Crippen molar-refractivity contribution < 1.29 is 8.42 Å². The van der Waals surface area contributed by atoms with E-state index in [-0.39, 0.29) is 4.90 Å². The van der Waals surface area contributed by atoms with E-state index in [0.717, 1.165) is 10.3 Å². The average Bonchev–Trinajstić information content (AvgIpc) is 2.38. The molecule has 0 fully saturated rings. The van der Waals surface area contributed by atoms with Gasteiger partial charge in [0.2, 0.25) is 0 Å². The number of hydrogen-bond acceptors (Lipinski definition) is 4. The third-order valence-corrected chi connectivity index (χ3v) is 5.49. The summed E-state index contributed by atoms with van der Waals surface area (Å²) in [6.45, 7) is 0. The molecular formula is C13H13Br2N3O2S. The summed E-state index contributed by atoms with van der Waals surface area (Å²) in [7, 11) is 0.0672. The molecule has 2 rings (SSSR count). The van der Waals surface area contributed by atoms with Crippen LogP contribution in [-0.4, -0.2) is 27.5 Å². The van der Waals surface area contributed by atoms with Crippen molar-refractivity contribution in [1.29, 1.82) is 0 Å². The number of halogens is 2. The molecule has 0 amide bonds. The van der Waals surface area contributed by atoms with Crippen LogP contribution in [0.5, 0.6) is 0 Å². The number of benzene rings is 1. The van der Waals surface area contributed by atoms with Crippen LogP contribution in [0, 0.1) is 0 Å². The lowest BCUT2D eigenvalue weighted by atomic mass is 10.4. The lowest BCUT2D eigenvalue weighted by Crippen LogP contribution is -2.14. The Morgan fingerprint density at radius 1 is 1.14 bits per heavy atom. The number of anilines is 2. The molecule has 0 unspecified atom stereocenters. The standard InChI is InChI=1S/C13H13Br2N3O2S/c1-18(2)13-6-4-10(8-16-13)17-21(19,20)12-5-3-9(14)7-11(12)15/h3-8,17H,1-2H3. The normalized spacial score (nSPS) is 11.2. The number of nitrogens with zero attached hydrogens (tertiary/aromatic N) is 2. The van der Waals surface area contributed by atoms with Crippen molar-refractivity contribution in [1.82, 2.24) is 4.98 Å². The molecule has 112 valence electrons. The molecule has 0 aliphatic carbocycles. The molecule has 1 aromatic carbocycles. The van der Waals surface area contributed by atoms with Crippen LogP contribution < -0.4 is 9.62 Å². The Labute approximate surface area is 140 Å². The first-order valence-corrected chi connectivity index (χ1v) is 8.98. The van der Waals surface area contributed by atoms with Gasteiger partial charge in [-0.25, -0.2) is 13.4 Å². The summed E-state index contributed by atoms with van der Waals surface area (Å²) in [6.07, 6.45) is 1.49. The Bertz CT molecular complexity index is 747. The topological polar surface area (TPSA) is 62.3 Å². The van der Waals surface area contributed by atoms with E-state index in [4.69, 9.17) is 0 Å². The predicted octanol–water partition coefficient (Wildman–Crippen LogP) is 3.47. The Morgan fingerprint density at radius 2 is 1.86 bits per heavy atom. The van der Waals surface area contributed by atoms with Gasteiger partial charge in [-0.05, 0) is 46.3 Å². The number of aromatic nitrogens is 1. The summed E-state index contributed by atoms with van der Waals surface area (Å²) in [6, 6.07) is 8.30. The van der Waals surface area contributed by atoms with E-state index in [0.29, 0.717) is 10.2 Å². The zero-order chi connectivity index (χ0) is 15.6. The second kappa shape index (κ2) is 6.33. The van der Waals surface area contributed by atoms with E-state index in [1.807, 2.05) is 19.0 Å². The molecule has 21 heavy (non-hydrogen) atoms. The van der Waals surface area contributed by atoms with Crippen molar-refractivity contribution in [2.75, 3.05) is 23.7 Å². The highest BCUT2D eigenvalue weighted by Gasteiger charge is 2.18. The maximum Gasteiger partial charge on any atom is 0.263 e. The van der Waals surface area contributed by atoms with Gasteiger partial charge in [-0.1, -0.05) is 15.9 Å². The lowest BCUT2D eigenvalue weighted by molar-refractivity contribution is 0.600. The summed E-state index contributed by atoms with van der Waals surface area (Å²) >= 11 is 6.55. The van der Waals surface area contributed by atoms with Crippen LogP contribution in [0.3, 0.4) is 0 Å². The molecule has 1 aromatic heterocycles. The van der Waals surface area contributed by atoms with Crippen LogP contribution in [0.4, 0.5) is 11.5 Å². The highest BCUT2D eigenvalue weighted by atomic mass is 79.9. The zero-order valence-electron chi connectivity index (χ0n) is 11.3. The van der Waals surface area contributed by atoms with Gasteiger partial charge in [0.15, 0.2) is 0 Å². The summed E-state index contributed by atoms with van der Waals surface area (Å²) < 4.78 is 28.5. The van der Waals surface area contributed by atoms with Gasteiger partial charge in [0.25, 0.3) is 10.0 Å². The number of hydrogen-bond donors (Lipinski definition) is 1. The fourth-order valence-electron chi connectivity index (χ4n) is 1.61. The number of rotatable bonds is 4. The molecule has 0 spiro atoms. The Morgan fingerprint density at radius 3 is 2.38 bits per heavy atom. The second-order valence-corrected chi connectivity index (χ2v) is 7.90. The van der Waals surface area contributed by atoms with Gasteiger partial charge in [-0.15, -0.1) is 0 Å². The predicted molar refractivity (Wildman–Crippen MR) is 91.2 cm³/mol. The van der Waals surface area contributed by atoms with E-state index in [9.17, 15) is 8.42 Å². The van der Waals surface area contributed by atoms with Gasteiger partial charge in [-0.3, -0.25) is 4.72 Å². The monoisotopic (exact) mass is 433 g/mol. The zero-order valence-corrected chi connectivity index (χ0v) is 15.3. The molecule has 0 atom stereocenters. The Balaban J connectivity index is 2.28. The first kappa shape index (κ1) is 16.3. The minimum atomic E-state index is -3.67. The van der Waals surface area contributed by atoms with Gasteiger partial charge >= 0.3 is 0 Å². The summed E-state index contributed by atoms with van der Waals surface area (Å²) in [5.41, 5.74) is 0.412. The van der Waals surface area contributed by atoms with Gasteiger partial charge in [0.1, 0.15) is 10.7 Å². The highest BCUT2D eigenvalue weighted by molar-refractivity contribution is 9.11. The van der Waals surface area contributed by atoms with Gasteiger partial charge < -0.3 is 4.90 Å². The molecule has 0 saturated carbocycles. The minimum absolute atomic E-state index is 0.169. The lowest BCUT2D eigenvalue weighted by Gasteiger charge is -2.13. The van der Waals surface area contributed by atoms with Crippen LogP contribution in [0.15, 0.2) is 50.4 Å². The fourth-order valence-corrected chi connectivity index (χ4v) is 4.40. The maximum absolute atomic E-state index is 12.4. The van der Waals surface area contributed by atoms with Crippen LogP contribution >= 0.6 is 31.9 Å². The van der Waals surface area contributed by atoms with Crippen molar-refractivity contribution in [3.63, 3.8) is 0 Å². The van der Waals surface area contributed by atoms with E-state index in [2.05, 4.69) is 41.6 Å². The molecule has 5 nitrogen and oxygen atoms in total. The van der Waals surface area contributed by atoms with E-state index < -0.39 is 10.0 Å². The third-order valence-electron chi connectivity index (χ3n) is 2.64. The molecule has 0 saturated heterocycles. The van der Waals surface area contributed by atoms with Crippen LogP contribution in [0.25, 0.3) is 0 Å². The van der Waals surface area contributed by atoms with Crippen LogP contribution in [-0.2, 0) is 10.0 Å². The smallest absolute Gasteiger partial charge is 0.263 e. The average molecular weight is 435 g/mol. The molecule has 2 aromatic rings. The molecule has 0 aliphatic rings. The Kier molecular flexibility index (Phi) is 4.90. The summed E-state index contributed by atoms with van der Waals surface area (Å²) in [5.74, 6) is 0.753. The molecule has 0 bridgehead atoms. The molecule has 0 aliphatic heterocycles. The van der Waals surface area contributed by atoms with Crippen molar-refractivity contribution >= 4 is 53.4 Å². The molecular weight excluding hydrogens is 422 g/mol. The summed E-state index contributed by atoms with van der Waals surface area (Å²) in [4.78, 5) is 6.18. The molecule has 1 heterocycles. The largest absolute Gasteiger partial charge is 0.363 e. The minimum Gasteiger partial charge on any atom is -0.363 e. The van der Waals surface area contributed by atoms with Crippen molar-refractivity contribution in [3.8, 4) is 0 Å². The van der Waals surface area contributed by atoms with Crippen molar-refractivity contribution in [2.45, 2.75) is 4.90 Å². The van der Waals surface area contributed by atoms with Gasteiger partial charge in [0.05, 0.1) is 11.9 Å². The van der Waals surface area contributed by atoms with E-state index >= 15 is 0 Å². The molecule has 8 heteroatoms. The molecule has 0 radical (unpaired) electrons. The van der Waals surface area contributed by atoms with Crippen LogP contribution in [0.1, 0.15) is 0 Å². The van der Waals surface area contributed by atoms with Crippen molar-refractivity contribution in [2.24, 2.45) is 0 Å². The number of nitrogens with one attached hydrogen (secondary N) is 1. The third kappa shape index (κ3) is 3.96. The Hall–Kier alpha value is -1.12. The van der Waals surface area contributed by atoms with Crippen LogP contribution in [0.2, 0.25) is 0 Å². The number of pyridine rings is 1. The first-order chi connectivity index (χ1) is 9.79. The maximum atomic E-state index is 12.4. The van der Waals surface area contributed by atoms with E-state index in [1.165, 1.54) is 12.3 Å². The fraction of sp³-hybridized carbons (Fsp3) is 0.154. The number of sulfonamides is 1. The van der Waals surface area contributed by atoms with E-state index in [1.54, 1.807) is 24.3 Å². The van der Waals surface area contributed by atoms with Gasteiger partial charge in [-0.2, -0.15) is 0 Å². The second-order valence-electron chi connectivity index (χ2n) is 4.48. The SMILES string of the molecule is CN(C)c1ccc(NS(=O)(=O)c2ccc(Br)cc2Br)cn1.